The van der Waals surface area contributed by atoms with Gasteiger partial charge in [0.05, 0.1) is 18.4 Å². The molecule has 0 radical (unpaired) electrons. The van der Waals surface area contributed by atoms with Crippen molar-refractivity contribution < 1.29 is 14.3 Å². The normalized spacial score (nSPS) is 12.9. The largest absolute Gasteiger partial charge is 0.468 e. The van der Waals surface area contributed by atoms with Gasteiger partial charge in [-0.15, -0.1) is 21.5 Å². The minimum absolute atomic E-state index is 0.0342. The first-order valence-electron chi connectivity index (χ1n) is 8.26. The van der Waals surface area contributed by atoms with Crippen LogP contribution in [-0.4, -0.2) is 39.5 Å². The topological polar surface area (TPSA) is 136 Å². The summed E-state index contributed by atoms with van der Waals surface area (Å²) in [4.78, 5) is 25.0. The van der Waals surface area contributed by atoms with Gasteiger partial charge in [0, 0.05) is 4.88 Å². The zero-order chi connectivity index (χ0) is 19.4. The highest BCUT2D eigenvalue weighted by atomic mass is 32.2. The standard InChI is InChI=1S/C16H18N6O3S2/c1-25-13(24)8-26-16-21-20-15(18)22(16)7-12(23)19-14-10(6-17)9-4-2-3-5-11(9)27-14/h2-5,7-8H2,1H3,(H2,18,20)(H,19,23). The van der Waals surface area contributed by atoms with E-state index in [1.165, 1.54) is 27.9 Å². The van der Waals surface area contributed by atoms with Gasteiger partial charge in [-0.2, -0.15) is 5.26 Å². The lowest BCUT2D eigenvalue weighted by Gasteiger charge is -2.09. The Morgan fingerprint density at radius 1 is 1.41 bits per heavy atom. The van der Waals surface area contributed by atoms with Crippen molar-refractivity contribution in [2.24, 2.45) is 0 Å². The summed E-state index contributed by atoms with van der Waals surface area (Å²) >= 11 is 2.54. The van der Waals surface area contributed by atoms with Crippen LogP contribution in [0, 0.1) is 11.3 Å². The Labute approximate surface area is 163 Å². The number of nitrogen functional groups attached to an aromatic ring is 1. The molecule has 3 N–H and O–H groups in total. The molecule has 0 atom stereocenters. The molecular weight excluding hydrogens is 388 g/mol. The molecule has 0 spiro atoms. The zero-order valence-electron chi connectivity index (χ0n) is 14.7. The van der Waals surface area contributed by atoms with E-state index in [0.717, 1.165) is 43.0 Å². The van der Waals surface area contributed by atoms with E-state index in [0.29, 0.717) is 15.7 Å². The van der Waals surface area contributed by atoms with Crippen molar-refractivity contribution in [2.45, 2.75) is 37.4 Å². The lowest BCUT2D eigenvalue weighted by molar-refractivity contribution is -0.137. The second-order valence-corrected chi connectivity index (χ2v) is 7.91. The highest BCUT2D eigenvalue weighted by Crippen LogP contribution is 2.37. The summed E-state index contributed by atoms with van der Waals surface area (Å²) in [5, 5.41) is 20.8. The van der Waals surface area contributed by atoms with Crippen molar-refractivity contribution in [3.05, 3.63) is 16.0 Å². The number of nitrogens with one attached hydrogen (secondary N) is 1. The van der Waals surface area contributed by atoms with Gasteiger partial charge in [-0.1, -0.05) is 11.8 Å². The minimum Gasteiger partial charge on any atom is -0.468 e. The number of thioether (sulfide) groups is 1. The average molecular weight is 406 g/mol. The highest BCUT2D eigenvalue weighted by Gasteiger charge is 2.22. The molecule has 0 saturated carbocycles. The summed E-state index contributed by atoms with van der Waals surface area (Å²) in [6.07, 6.45) is 3.97. The van der Waals surface area contributed by atoms with Crippen LogP contribution in [0.2, 0.25) is 0 Å². The van der Waals surface area contributed by atoms with E-state index in [2.05, 4.69) is 26.3 Å². The molecule has 1 aliphatic rings. The molecule has 1 aliphatic carbocycles. The SMILES string of the molecule is COC(=O)CSc1nnc(N)n1CC(=O)Nc1sc2c(c1C#N)CCCC2. The Hall–Kier alpha value is -2.58. The number of nitriles is 1. The first kappa shape index (κ1) is 19.2. The summed E-state index contributed by atoms with van der Waals surface area (Å²) < 4.78 is 6.01. The number of fused-ring (bicyclic) bond motifs is 1. The van der Waals surface area contributed by atoms with Crippen LogP contribution in [0.3, 0.4) is 0 Å². The third kappa shape index (κ3) is 4.23. The number of thiophene rings is 1. The van der Waals surface area contributed by atoms with Gasteiger partial charge < -0.3 is 15.8 Å². The molecular formula is C16H18N6O3S2. The number of carbonyl (C=O) groups excluding carboxylic acids is 2. The smallest absolute Gasteiger partial charge is 0.316 e. The molecule has 1 amide bonds. The number of nitrogens with two attached hydrogens (primary N) is 1. The van der Waals surface area contributed by atoms with Crippen LogP contribution in [0.1, 0.15) is 28.8 Å². The fourth-order valence-electron chi connectivity index (χ4n) is 2.82. The molecule has 0 fully saturated rings. The maximum Gasteiger partial charge on any atom is 0.316 e. The van der Waals surface area contributed by atoms with Crippen LogP contribution in [0.15, 0.2) is 5.16 Å². The first-order valence-corrected chi connectivity index (χ1v) is 10.1. The van der Waals surface area contributed by atoms with Gasteiger partial charge in [0.25, 0.3) is 0 Å². The quantitative estimate of drug-likeness (QED) is 0.545. The number of hydrogen-bond acceptors (Lipinski definition) is 9. The number of carbonyl (C=O) groups is 2. The molecule has 27 heavy (non-hydrogen) atoms. The number of nitrogens with zero attached hydrogens (tertiary/aromatic N) is 4. The molecule has 142 valence electrons. The van der Waals surface area contributed by atoms with E-state index in [9.17, 15) is 14.9 Å². The Morgan fingerprint density at radius 2 is 2.19 bits per heavy atom. The highest BCUT2D eigenvalue weighted by molar-refractivity contribution is 7.99. The molecule has 0 bridgehead atoms. The third-order valence-electron chi connectivity index (χ3n) is 4.13. The second-order valence-electron chi connectivity index (χ2n) is 5.87. The molecule has 0 aliphatic heterocycles. The van der Waals surface area contributed by atoms with Gasteiger partial charge in [-0.25, -0.2) is 0 Å². The number of anilines is 2. The fraction of sp³-hybridized carbons (Fsp3) is 0.438. The number of methoxy groups -OCH3 is 1. The Balaban J connectivity index is 1.72. The third-order valence-corrected chi connectivity index (χ3v) is 6.28. The summed E-state index contributed by atoms with van der Waals surface area (Å²) in [6, 6.07) is 2.21. The number of hydrogen-bond donors (Lipinski definition) is 2. The van der Waals surface area contributed by atoms with Gasteiger partial charge in [0.2, 0.25) is 11.9 Å². The summed E-state index contributed by atoms with van der Waals surface area (Å²) in [5.74, 6) is -0.646. The molecule has 3 rings (SSSR count). The van der Waals surface area contributed by atoms with Crippen LogP contribution >= 0.6 is 23.1 Å². The predicted octanol–water partition coefficient (Wildman–Crippen LogP) is 1.58. The number of ether oxygens (including phenoxy) is 1. The number of esters is 1. The van der Waals surface area contributed by atoms with Gasteiger partial charge in [-0.05, 0) is 31.2 Å². The van der Waals surface area contributed by atoms with Gasteiger partial charge >= 0.3 is 5.97 Å². The number of aryl methyl sites for hydroxylation is 1. The van der Waals surface area contributed by atoms with Crippen molar-refractivity contribution in [2.75, 3.05) is 23.9 Å². The van der Waals surface area contributed by atoms with E-state index in [1.54, 1.807) is 0 Å². The predicted molar refractivity (Wildman–Crippen MR) is 101 cm³/mol. The second kappa shape index (κ2) is 8.41. The Morgan fingerprint density at radius 3 is 2.93 bits per heavy atom. The van der Waals surface area contributed by atoms with Crippen molar-refractivity contribution in [1.82, 2.24) is 14.8 Å². The first-order chi connectivity index (χ1) is 13.0. The van der Waals surface area contributed by atoms with Crippen LogP contribution < -0.4 is 11.1 Å². The van der Waals surface area contributed by atoms with Crippen molar-refractivity contribution in [3.8, 4) is 6.07 Å². The van der Waals surface area contributed by atoms with E-state index >= 15 is 0 Å². The van der Waals surface area contributed by atoms with Crippen molar-refractivity contribution in [1.29, 1.82) is 5.26 Å². The molecule has 2 aromatic heterocycles. The molecule has 2 aromatic rings. The van der Waals surface area contributed by atoms with Crippen LogP contribution in [0.4, 0.5) is 10.9 Å². The van der Waals surface area contributed by atoms with Crippen molar-refractivity contribution >= 4 is 45.9 Å². The molecule has 0 unspecified atom stereocenters. The number of rotatable bonds is 6. The number of amides is 1. The Kier molecular flexibility index (Phi) is 5.98. The van der Waals surface area contributed by atoms with E-state index in [-0.39, 0.29) is 24.2 Å². The van der Waals surface area contributed by atoms with Crippen LogP contribution in [-0.2, 0) is 33.7 Å². The average Bonchev–Trinajstić information content (AvgIpc) is 3.19. The van der Waals surface area contributed by atoms with E-state index in [1.807, 2.05) is 0 Å². The van der Waals surface area contributed by atoms with Gasteiger partial charge in [0.15, 0.2) is 5.16 Å². The lowest BCUT2D eigenvalue weighted by Crippen LogP contribution is -2.20. The lowest BCUT2D eigenvalue weighted by atomic mass is 9.96. The molecule has 9 nitrogen and oxygen atoms in total. The summed E-state index contributed by atoms with van der Waals surface area (Å²) in [6.45, 7) is -0.115. The summed E-state index contributed by atoms with van der Waals surface area (Å²) in [5.41, 5.74) is 7.40. The summed E-state index contributed by atoms with van der Waals surface area (Å²) in [7, 11) is 1.29. The van der Waals surface area contributed by atoms with E-state index in [4.69, 9.17) is 5.73 Å². The van der Waals surface area contributed by atoms with Gasteiger partial charge in [-0.3, -0.25) is 14.2 Å². The maximum absolute atomic E-state index is 12.5. The van der Waals surface area contributed by atoms with Gasteiger partial charge in [0.1, 0.15) is 17.6 Å². The zero-order valence-corrected chi connectivity index (χ0v) is 16.3. The van der Waals surface area contributed by atoms with Crippen molar-refractivity contribution in [3.63, 3.8) is 0 Å². The Bertz CT molecular complexity index is 914. The minimum atomic E-state index is -0.416. The molecule has 11 heteroatoms. The van der Waals surface area contributed by atoms with Crippen LogP contribution in [0.25, 0.3) is 0 Å². The fourth-order valence-corrected chi connectivity index (χ4v) is 4.85. The van der Waals surface area contributed by atoms with E-state index < -0.39 is 5.97 Å². The maximum atomic E-state index is 12.5. The molecule has 0 saturated heterocycles. The molecule has 2 heterocycles. The monoisotopic (exact) mass is 406 g/mol. The molecule has 0 aromatic carbocycles. The van der Waals surface area contributed by atoms with Crippen LogP contribution in [0.5, 0.6) is 0 Å². The number of aromatic nitrogens is 3.